The van der Waals surface area contributed by atoms with E-state index in [1.165, 1.54) is 0 Å². The Labute approximate surface area is 252 Å². The number of hydrogen-bond acceptors (Lipinski definition) is 10. The minimum Gasteiger partial charge on any atom is -0.468 e. The van der Waals surface area contributed by atoms with Gasteiger partial charge in [0.25, 0.3) is 0 Å². The maximum atomic E-state index is 13.0. The third-order valence-corrected chi connectivity index (χ3v) is 8.98. The van der Waals surface area contributed by atoms with Gasteiger partial charge in [-0.1, -0.05) is 24.3 Å². The number of piperazine rings is 1. The van der Waals surface area contributed by atoms with E-state index in [0.717, 1.165) is 41.0 Å². The van der Waals surface area contributed by atoms with Gasteiger partial charge in [-0.25, -0.2) is 23.2 Å². The molecule has 3 unspecified atom stereocenters. The van der Waals surface area contributed by atoms with Gasteiger partial charge >= 0.3 is 6.09 Å². The molecule has 0 radical (unpaired) electrons. The first-order chi connectivity index (χ1) is 20.4. The average Bonchev–Trinajstić information content (AvgIpc) is 3.22. The quantitative estimate of drug-likeness (QED) is 0.293. The van der Waals surface area contributed by atoms with Gasteiger partial charge in [0.2, 0.25) is 15.0 Å². The normalized spacial score (nSPS) is 22.0. The van der Waals surface area contributed by atoms with Crippen LogP contribution in [-0.4, -0.2) is 80.3 Å². The van der Waals surface area contributed by atoms with Crippen LogP contribution in [0.4, 0.5) is 10.6 Å². The van der Waals surface area contributed by atoms with Crippen LogP contribution in [0.15, 0.2) is 41.6 Å². The topological polar surface area (TPSA) is 120 Å². The first kappa shape index (κ1) is 29.6. The van der Waals surface area contributed by atoms with Crippen molar-refractivity contribution in [3.05, 3.63) is 53.2 Å². The van der Waals surface area contributed by atoms with Crippen molar-refractivity contribution < 1.29 is 32.2 Å². The third-order valence-electron chi connectivity index (χ3n) is 8.13. The van der Waals surface area contributed by atoms with E-state index < -0.39 is 15.4 Å². The second-order valence-corrected chi connectivity index (χ2v) is 14.4. The number of benzene rings is 2. The maximum absolute atomic E-state index is 13.0. The fourth-order valence-corrected chi connectivity index (χ4v) is 6.86. The highest BCUT2D eigenvalue weighted by atomic mass is 32.2. The highest BCUT2D eigenvalue weighted by Crippen LogP contribution is 2.40. The van der Waals surface area contributed by atoms with Gasteiger partial charge in [-0.05, 0) is 62.1 Å². The zero-order valence-electron chi connectivity index (χ0n) is 25.2. The summed E-state index contributed by atoms with van der Waals surface area (Å²) < 4.78 is 48.6. The highest BCUT2D eigenvalue weighted by molar-refractivity contribution is 7.90. The summed E-state index contributed by atoms with van der Waals surface area (Å²) in [6.07, 6.45) is 2.51. The molecule has 6 rings (SSSR count). The molecule has 3 aromatic rings. The number of sulfone groups is 1. The summed E-state index contributed by atoms with van der Waals surface area (Å²) in [5, 5.41) is 1.82. The molecule has 1 aromatic heterocycles. The standard InChI is InChI=1S/C31H38N4O7S/c1-31(2,3)42-30(36)35-20-10-11-21(35)16-34(15-20)28-25-17-40-27(14-26(25)32-29(33-28)43(5,37)38)24-13-22(41-18-39-4)12-19-8-6-7-9-23(19)24/h6-9,12-13,20-21,27H,10-11,14-18H2,1-5H3. The Morgan fingerprint density at radius 2 is 1.81 bits per heavy atom. The van der Waals surface area contributed by atoms with E-state index in [2.05, 4.69) is 14.9 Å². The molecular weight excluding hydrogens is 572 g/mol. The van der Waals surface area contributed by atoms with Crippen molar-refractivity contribution in [3.8, 4) is 5.75 Å². The van der Waals surface area contributed by atoms with Gasteiger partial charge in [-0.15, -0.1) is 0 Å². The smallest absolute Gasteiger partial charge is 0.410 e. The van der Waals surface area contributed by atoms with Crippen LogP contribution < -0.4 is 9.64 Å². The number of carbonyl (C=O) groups excluding carboxylic acids is 1. The molecular formula is C31H38N4O7S. The van der Waals surface area contributed by atoms with Crippen molar-refractivity contribution in [1.29, 1.82) is 0 Å². The van der Waals surface area contributed by atoms with Gasteiger partial charge in [0.05, 0.1) is 30.5 Å². The molecule has 3 atom stereocenters. The number of fused-ring (bicyclic) bond motifs is 4. The molecule has 11 nitrogen and oxygen atoms in total. The minimum absolute atomic E-state index is 0.0561. The summed E-state index contributed by atoms with van der Waals surface area (Å²) in [5.41, 5.74) is 1.78. The largest absolute Gasteiger partial charge is 0.468 e. The van der Waals surface area contributed by atoms with E-state index in [0.29, 0.717) is 36.8 Å². The Balaban J connectivity index is 1.34. The van der Waals surface area contributed by atoms with E-state index in [1.807, 2.05) is 62.1 Å². The summed E-state index contributed by atoms with van der Waals surface area (Å²) in [6, 6.07) is 11.8. The molecule has 0 spiro atoms. The zero-order valence-corrected chi connectivity index (χ0v) is 26.0. The molecule has 0 N–H and O–H groups in total. The molecule has 2 saturated heterocycles. The van der Waals surface area contributed by atoms with Crippen molar-refractivity contribution in [2.24, 2.45) is 0 Å². The number of amides is 1. The average molecular weight is 611 g/mol. The number of aromatic nitrogens is 2. The summed E-state index contributed by atoms with van der Waals surface area (Å²) >= 11 is 0. The Hall–Kier alpha value is -3.48. The second kappa shape index (κ2) is 11.2. The first-order valence-corrected chi connectivity index (χ1v) is 16.4. The number of carbonyl (C=O) groups is 1. The van der Waals surface area contributed by atoms with Crippen LogP contribution in [0.1, 0.15) is 56.5 Å². The van der Waals surface area contributed by atoms with E-state index in [4.69, 9.17) is 18.9 Å². The lowest BCUT2D eigenvalue weighted by molar-refractivity contribution is 0.0119. The lowest BCUT2D eigenvalue weighted by atomic mass is 9.94. The Morgan fingerprint density at radius 3 is 2.49 bits per heavy atom. The SMILES string of the molecule is COCOc1cc(C2Cc3nc(S(C)(=O)=O)nc(N4CC5CCC(C4)N5C(=O)OC(C)(C)C)c3CO2)c2ccccc2c1. The summed E-state index contributed by atoms with van der Waals surface area (Å²) in [6.45, 7) is 6.97. The van der Waals surface area contributed by atoms with E-state index >= 15 is 0 Å². The van der Waals surface area contributed by atoms with Crippen LogP contribution in [0.25, 0.3) is 10.8 Å². The van der Waals surface area contributed by atoms with Gasteiger partial charge in [0.15, 0.2) is 6.79 Å². The van der Waals surface area contributed by atoms with Crippen molar-refractivity contribution in [1.82, 2.24) is 14.9 Å². The fraction of sp³-hybridized carbons (Fsp3) is 0.516. The molecule has 2 aromatic carbocycles. The van der Waals surface area contributed by atoms with Crippen LogP contribution in [0, 0.1) is 0 Å². The maximum Gasteiger partial charge on any atom is 0.410 e. The first-order valence-electron chi connectivity index (χ1n) is 14.5. The van der Waals surface area contributed by atoms with E-state index in [1.54, 1.807) is 7.11 Å². The number of hydrogen-bond donors (Lipinski definition) is 0. The summed E-state index contributed by atoms with van der Waals surface area (Å²) in [4.78, 5) is 26.1. The Morgan fingerprint density at radius 1 is 1.09 bits per heavy atom. The molecule has 3 aliphatic rings. The number of ether oxygens (including phenoxy) is 4. The number of rotatable bonds is 6. The van der Waals surface area contributed by atoms with Crippen LogP contribution in [0.2, 0.25) is 0 Å². The van der Waals surface area contributed by atoms with Gasteiger partial charge in [-0.2, -0.15) is 0 Å². The van der Waals surface area contributed by atoms with Gasteiger partial charge in [-0.3, -0.25) is 4.90 Å². The Bertz CT molecular complexity index is 1640. The zero-order chi connectivity index (χ0) is 30.5. The lowest BCUT2D eigenvalue weighted by Gasteiger charge is -2.42. The summed E-state index contributed by atoms with van der Waals surface area (Å²) in [5.74, 6) is 1.22. The van der Waals surface area contributed by atoms with Gasteiger partial charge < -0.3 is 23.8 Å². The molecule has 43 heavy (non-hydrogen) atoms. The molecule has 2 bridgehead atoms. The molecule has 2 fully saturated rings. The molecule has 0 saturated carbocycles. The molecule has 4 heterocycles. The molecule has 12 heteroatoms. The number of anilines is 1. The molecule has 0 aliphatic carbocycles. The number of nitrogens with zero attached hydrogens (tertiary/aromatic N) is 4. The van der Waals surface area contributed by atoms with Gasteiger partial charge in [0.1, 0.15) is 17.2 Å². The van der Waals surface area contributed by atoms with Crippen LogP contribution in [0.3, 0.4) is 0 Å². The minimum atomic E-state index is -3.70. The summed E-state index contributed by atoms with van der Waals surface area (Å²) in [7, 11) is -2.12. The van der Waals surface area contributed by atoms with Crippen LogP contribution in [0.5, 0.6) is 5.75 Å². The van der Waals surface area contributed by atoms with Crippen molar-refractivity contribution in [2.75, 3.05) is 38.1 Å². The number of methoxy groups -OCH3 is 1. The second-order valence-electron chi connectivity index (χ2n) is 12.5. The van der Waals surface area contributed by atoms with E-state index in [9.17, 15) is 13.2 Å². The lowest BCUT2D eigenvalue weighted by Crippen LogP contribution is -2.57. The predicted octanol–water partition coefficient (Wildman–Crippen LogP) is 4.42. The fourth-order valence-electron chi connectivity index (χ4n) is 6.33. The van der Waals surface area contributed by atoms with Crippen molar-refractivity contribution >= 4 is 32.5 Å². The van der Waals surface area contributed by atoms with Crippen molar-refractivity contribution in [2.45, 2.75) is 75.6 Å². The molecule has 230 valence electrons. The molecule has 1 amide bonds. The van der Waals surface area contributed by atoms with Crippen LogP contribution in [-0.2, 0) is 37.1 Å². The monoisotopic (exact) mass is 610 g/mol. The molecule has 3 aliphatic heterocycles. The highest BCUT2D eigenvalue weighted by Gasteiger charge is 2.45. The van der Waals surface area contributed by atoms with Gasteiger partial charge in [0, 0.05) is 38.4 Å². The van der Waals surface area contributed by atoms with Crippen LogP contribution >= 0.6 is 0 Å². The third kappa shape index (κ3) is 6.00. The predicted molar refractivity (Wildman–Crippen MR) is 160 cm³/mol. The van der Waals surface area contributed by atoms with E-state index in [-0.39, 0.29) is 42.8 Å². The Kier molecular flexibility index (Phi) is 7.72. The van der Waals surface area contributed by atoms with Crippen molar-refractivity contribution in [3.63, 3.8) is 0 Å².